The summed E-state index contributed by atoms with van der Waals surface area (Å²) in [4.78, 5) is 22.2. The highest BCUT2D eigenvalue weighted by Crippen LogP contribution is 2.35. The monoisotopic (exact) mass is 284 g/mol. The van der Waals surface area contributed by atoms with Crippen LogP contribution in [-0.4, -0.2) is 22.2 Å². The van der Waals surface area contributed by atoms with Gasteiger partial charge in [-0.2, -0.15) is 0 Å². The minimum atomic E-state index is -0.999. The minimum absolute atomic E-state index is 0.0660. The van der Waals surface area contributed by atoms with E-state index in [9.17, 15) is 14.7 Å². The van der Waals surface area contributed by atoms with Gasteiger partial charge in [0, 0.05) is 5.41 Å². The molecule has 2 rings (SSSR count). The molecule has 2 N–H and O–H groups in total. The standard InChI is InChI=1S/C17H16O4/c1-17(11-15(18)19,13-5-3-2-4-6-13)14-9-7-12(8-10-14)16(20)21/h2-10H,11H2,1H3,(H,18,19)(H,20,21). The minimum Gasteiger partial charge on any atom is -0.481 e. The van der Waals surface area contributed by atoms with Crippen LogP contribution in [0.5, 0.6) is 0 Å². The van der Waals surface area contributed by atoms with E-state index in [0.29, 0.717) is 0 Å². The molecule has 0 saturated carbocycles. The highest BCUT2D eigenvalue weighted by atomic mass is 16.4. The van der Waals surface area contributed by atoms with Gasteiger partial charge in [0.05, 0.1) is 12.0 Å². The van der Waals surface area contributed by atoms with Crippen molar-refractivity contribution in [1.29, 1.82) is 0 Å². The van der Waals surface area contributed by atoms with Crippen LogP contribution in [0.25, 0.3) is 0 Å². The van der Waals surface area contributed by atoms with E-state index in [-0.39, 0.29) is 12.0 Å². The summed E-state index contributed by atoms with van der Waals surface area (Å²) < 4.78 is 0. The molecule has 0 aliphatic carbocycles. The first-order valence-corrected chi connectivity index (χ1v) is 6.54. The van der Waals surface area contributed by atoms with Gasteiger partial charge in [0.15, 0.2) is 0 Å². The van der Waals surface area contributed by atoms with Crippen LogP contribution in [0, 0.1) is 0 Å². The average molecular weight is 284 g/mol. The Hall–Kier alpha value is -2.62. The molecule has 4 nitrogen and oxygen atoms in total. The first kappa shape index (κ1) is 14.8. The summed E-state index contributed by atoms with van der Waals surface area (Å²) in [7, 11) is 0. The molecule has 0 spiro atoms. The molecule has 2 aromatic carbocycles. The Morgan fingerprint density at radius 3 is 1.90 bits per heavy atom. The van der Waals surface area contributed by atoms with Crippen LogP contribution < -0.4 is 0 Å². The van der Waals surface area contributed by atoms with E-state index in [1.54, 1.807) is 12.1 Å². The van der Waals surface area contributed by atoms with Gasteiger partial charge in [0.2, 0.25) is 0 Å². The summed E-state index contributed by atoms with van der Waals surface area (Å²) >= 11 is 0. The third-order valence-electron chi connectivity index (χ3n) is 3.68. The summed E-state index contributed by atoms with van der Waals surface area (Å²) in [6.45, 7) is 1.85. The van der Waals surface area contributed by atoms with Crippen molar-refractivity contribution in [3.05, 3.63) is 71.3 Å². The van der Waals surface area contributed by atoms with Crippen LogP contribution in [0.2, 0.25) is 0 Å². The maximum atomic E-state index is 11.2. The number of benzene rings is 2. The Kier molecular flexibility index (Phi) is 4.08. The molecule has 0 aliphatic heterocycles. The fraction of sp³-hybridized carbons (Fsp3) is 0.176. The zero-order valence-corrected chi connectivity index (χ0v) is 11.6. The van der Waals surface area contributed by atoms with E-state index in [1.807, 2.05) is 37.3 Å². The fourth-order valence-corrected chi connectivity index (χ4v) is 2.46. The zero-order valence-electron chi connectivity index (χ0n) is 11.6. The van der Waals surface area contributed by atoms with Gasteiger partial charge in [0.25, 0.3) is 0 Å². The van der Waals surface area contributed by atoms with Crippen molar-refractivity contribution in [2.75, 3.05) is 0 Å². The number of carboxylic acids is 2. The number of hydrogen-bond acceptors (Lipinski definition) is 2. The van der Waals surface area contributed by atoms with E-state index < -0.39 is 17.4 Å². The van der Waals surface area contributed by atoms with Gasteiger partial charge in [-0.25, -0.2) is 4.79 Å². The molecule has 0 heterocycles. The van der Waals surface area contributed by atoms with Crippen molar-refractivity contribution in [3.8, 4) is 0 Å². The van der Waals surface area contributed by atoms with Gasteiger partial charge >= 0.3 is 11.9 Å². The molecule has 0 aliphatic rings. The van der Waals surface area contributed by atoms with E-state index in [1.165, 1.54) is 12.1 Å². The van der Waals surface area contributed by atoms with E-state index in [0.717, 1.165) is 11.1 Å². The SMILES string of the molecule is CC(CC(=O)O)(c1ccccc1)c1ccc(C(=O)O)cc1. The maximum Gasteiger partial charge on any atom is 0.335 e. The Morgan fingerprint density at radius 1 is 0.905 bits per heavy atom. The predicted molar refractivity (Wildman–Crippen MR) is 78.6 cm³/mol. The number of rotatable bonds is 5. The first-order chi connectivity index (χ1) is 9.93. The number of aromatic carboxylic acids is 1. The first-order valence-electron chi connectivity index (χ1n) is 6.54. The molecule has 0 amide bonds. The Bertz CT molecular complexity index is 646. The Balaban J connectivity index is 2.50. The van der Waals surface area contributed by atoms with E-state index in [4.69, 9.17) is 5.11 Å². The summed E-state index contributed by atoms with van der Waals surface area (Å²) in [6.07, 6.45) is -0.0660. The van der Waals surface area contributed by atoms with E-state index >= 15 is 0 Å². The third-order valence-corrected chi connectivity index (χ3v) is 3.68. The second-order valence-corrected chi connectivity index (χ2v) is 5.15. The quantitative estimate of drug-likeness (QED) is 0.884. The second-order valence-electron chi connectivity index (χ2n) is 5.15. The van der Waals surface area contributed by atoms with Crippen LogP contribution >= 0.6 is 0 Å². The Morgan fingerprint density at radius 2 is 1.43 bits per heavy atom. The molecular formula is C17H16O4. The second kappa shape index (κ2) is 5.79. The molecule has 0 aromatic heterocycles. The van der Waals surface area contributed by atoms with Gasteiger partial charge in [-0.05, 0) is 23.3 Å². The zero-order chi connectivity index (χ0) is 15.5. The summed E-state index contributed by atoms with van der Waals surface area (Å²) in [5, 5.41) is 18.2. The predicted octanol–water partition coefficient (Wildman–Crippen LogP) is 3.17. The topological polar surface area (TPSA) is 74.6 Å². The van der Waals surface area contributed by atoms with Crippen molar-refractivity contribution in [2.45, 2.75) is 18.8 Å². The lowest BCUT2D eigenvalue weighted by Gasteiger charge is -2.29. The van der Waals surface area contributed by atoms with Crippen LogP contribution in [0.1, 0.15) is 34.8 Å². The molecule has 1 atom stereocenters. The molecule has 2 aromatic rings. The number of hydrogen-bond donors (Lipinski definition) is 2. The molecule has 1 unspecified atom stereocenters. The Labute approximate surface area is 122 Å². The average Bonchev–Trinajstić information content (AvgIpc) is 2.47. The van der Waals surface area contributed by atoms with Gasteiger partial charge in [-0.3, -0.25) is 4.79 Å². The van der Waals surface area contributed by atoms with Crippen molar-refractivity contribution in [3.63, 3.8) is 0 Å². The molecule has 4 heteroatoms. The smallest absolute Gasteiger partial charge is 0.335 e. The molecule has 21 heavy (non-hydrogen) atoms. The lowest BCUT2D eigenvalue weighted by atomic mass is 9.73. The summed E-state index contributed by atoms with van der Waals surface area (Å²) in [6, 6.07) is 15.7. The lowest BCUT2D eigenvalue weighted by Crippen LogP contribution is -2.27. The van der Waals surface area contributed by atoms with Crippen LogP contribution in [0.4, 0.5) is 0 Å². The van der Waals surface area contributed by atoms with Crippen LogP contribution in [-0.2, 0) is 10.2 Å². The summed E-state index contributed by atoms with van der Waals surface area (Å²) in [5.74, 6) is -1.90. The van der Waals surface area contributed by atoms with Gasteiger partial charge < -0.3 is 10.2 Å². The van der Waals surface area contributed by atoms with Crippen molar-refractivity contribution < 1.29 is 19.8 Å². The van der Waals surface area contributed by atoms with Crippen molar-refractivity contribution >= 4 is 11.9 Å². The highest BCUT2D eigenvalue weighted by Gasteiger charge is 2.31. The highest BCUT2D eigenvalue weighted by molar-refractivity contribution is 5.87. The van der Waals surface area contributed by atoms with Gasteiger partial charge in [-0.15, -0.1) is 0 Å². The van der Waals surface area contributed by atoms with Gasteiger partial charge in [0.1, 0.15) is 0 Å². The van der Waals surface area contributed by atoms with Gasteiger partial charge in [-0.1, -0.05) is 49.4 Å². The number of carbonyl (C=O) groups is 2. The summed E-state index contributed by atoms with van der Waals surface area (Å²) in [5.41, 5.74) is 1.14. The van der Waals surface area contributed by atoms with Crippen LogP contribution in [0.15, 0.2) is 54.6 Å². The lowest BCUT2D eigenvalue weighted by molar-refractivity contribution is -0.138. The third kappa shape index (κ3) is 3.11. The maximum absolute atomic E-state index is 11.2. The molecule has 0 bridgehead atoms. The molecule has 0 radical (unpaired) electrons. The van der Waals surface area contributed by atoms with Crippen molar-refractivity contribution in [1.82, 2.24) is 0 Å². The van der Waals surface area contributed by atoms with Crippen LogP contribution in [0.3, 0.4) is 0 Å². The molecule has 0 saturated heterocycles. The molecule has 0 fully saturated rings. The van der Waals surface area contributed by atoms with Crippen molar-refractivity contribution in [2.24, 2.45) is 0 Å². The molecular weight excluding hydrogens is 268 g/mol. The number of carboxylic acid groups (broad SMARTS) is 2. The largest absolute Gasteiger partial charge is 0.481 e. The fourth-order valence-electron chi connectivity index (χ4n) is 2.46. The number of aliphatic carboxylic acids is 1. The van der Waals surface area contributed by atoms with E-state index in [2.05, 4.69) is 0 Å². The molecule has 108 valence electrons. The normalized spacial score (nSPS) is 13.4.